The average Bonchev–Trinajstić information content (AvgIpc) is 2.38. The first kappa shape index (κ1) is 14.4. The first-order valence-corrected chi connectivity index (χ1v) is 6.49. The Labute approximate surface area is 109 Å². The minimum atomic E-state index is 0.625. The van der Waals surface area contributed by atoms with E-state index in [1.54, 1.807) is 6.26 Å². The zero-order valence-electron chi connectivity index (χ0n) is 11.4. The van der Waals surface area contributed by atoms with E-state index in [2.05, 4.69) is 6.92 Å². The van der Waals surface area contributed by atoms with E-state index in [0.717, 1.165) is 30.1 Å². The quantitative estimate of drug-likeness (QED) is 0.517. The molecule has 1 rings (SSSR count). The molecule has 0 fully saturated rings. The van der Waals surface area contributed by atoms with Gasteiger partial charge in [0.1, 0.15) is 0 Å². The summed E-state index contributed by atoms with van der Waals surface area (Å²) < 4.78 is 16.4. The van der Waals surface area contributed by atoms with Gasteiger partial charge in [-0.15, -0.1) is 0 Å². The van der Waals surface area contributed by atoms with E-state index < -0.39 is 0 Å². The average molecular weight is 250 g/mol. The van der Waals surface area contributed by atoms with Crippen LogP contribution in [-0.4, -0.2) is 19.8 Å². The molecule has 0 saturated heterocycles. The van der Waals surface area contributed by atoms with Crippen molar-refractivity contribution in [2.75, 3.05) is 19.8 Å². The summed E-state index contributed by atoms with van der Waals surface area (Å²) in [5, 5.41) is 0. The van der Waals surface area contributed by atoms with Gasteiger partial charge in [-0.25, -0.2) is 0 Å². The predicted molar refractivity (Wildman–Crippen MR) is 74.1 cm³/mol. The monoisotopic (exact) mass is 250 g/mol. The smallest absolute Gasteiger partial charge is 0.161 e. The van der Waals surface area contributed by atoms with E-state index in [-0.39, 0.29) is 0 Å². The Morgan fingerprint density at radius 3 is 2.39 bits per heavy atom. The fraction of sp³-hybridized carbons (Fsp3) is 0.467. The van der Waals surface area contributed by atoms with E-state index in [1.165, 1.54) is 0 Å². The summed E-state index contributed by atoms with van der Waals surface area (Å²) in [7, 11) is 0. The predicted octanol–water partition coefficient (Wildman–Crippen LogP) is 3.88. The van der Waals surface area contributed by atoms with Gasteiger partial charge in [-0.05, 0) is 44.0 Å². The molecule has 1 aromatic rings. The number of hydrogen-bond donors (Lipinski definition) is 0. The molecular formula is C15H22O3. The van der Waals surface area contributed by atoms with Crippen LogP contribution in [-0.2, 0) is 4.74 Å². The molecule has 18 heavy (non-hydrogen) atoms. The van der Waals surface area contributed by atoms with Crippen molar-refractivity contribution in [3.63, 3.8) is 0 Å². The Morgan fingerprint density at radius 1 is 1.00 bits per heavy atom. The second kappa shape index (κ2) is 8.45. The molecule has 0 amide bonds. The van der Waals surface area contributed by atoms with Gasteiger partial charge in [-0.3, -0.25) is 0 Å². The molecule has 0 saturated carbocycles. The topological polar surface area (TPSA) is 27.7 Å². The van der Waals surface area contributed by atoms with Crippen molar-refractivity contribution in [2.24, 2.45) is 0 Å². The van der Waals surface area contributed by atoms with Gasteiger partial charge in [0.15, 0.2) is 11.5 Å². The number of ether oxygens (including phenoxy) is 3. The van der Waals surface area contributed by atoms with E-state index in [0.29, 0.717) is 13.2 Å². The highest BCUT2D eigenvalue weighted by atomic mass is 16.5. The maximum Gasteiger partial charge on any atom is 0.161 e. The van der Waals surface area contributed by atoms with Crippen molar-refractivity contribution in [3.05, 3.63) is 30.0 Å². The third-order valence-electron chi connectivity index (χ3n) is 2.25. The van der Waals surface area contributed by atoms with E-state index in [4.69, 9.17) is 14.2 Å². The van der Waals surface area contributed by atoms with Crippen molar-refractivity contribution in [1.82, 2.24) is 0 Å². The van der Waals surface area contributed by atoms with Crippen LogP contribution >= 0.6 is 0 Å². The molecule has 0 N–H and O–H groups in total. The lowest BCUT2D eigenvalue weighted by Gasteiger charge is -2.11. The van der Waals surface area contributed by atoms with Crippen molar-refractivity contribution < 1.29 is 14.2 Å². The molecule has 0 atom stereocenters. The minimum Gasteiger partial charge on any atom is -0.501 e. The lowest BCUT2D eigenvalue weighted by molar-refractivity contribution is 0.252. The summed E-state index contributed by atoms with van der Waals surface area (Å²) in [6.45, 7) is 8.00. The summed E-state index contributed by atoms with van der Waals surface area (Å²) >= 11 is 0. The Kier molecular flexibility index (Phi) is 6.77. The largest absolute Gasteiger partial charge is 0.501 e. The molecule has 0 radical (unpaired) electrons. The highest BCUT2D eigenvalue weighted by molar-refractivity contribution is 5.55. The standard InChI is InChI=1S/C15H22O3/c1-4-10-16-11-9-13-7-8-14(17-5-2)15(12-13)18-6-3/h7-9,11-12H,4-6,10H2,1-3H3. The maximum atomic E-state index is 5.56. The highest BCUT2D eigenvalue weighted by Crippen LogP contribution is 2.28. The second-order valence-corrected chi connectivity index (χ2v) is 3.75. The van der Waals surface area contributed by atoms with Crippen LogP contribution in [0.1, 0.15) is 32.8 Å². The van der Waals surface area contributed by atoms with Gasteiger partial charge in [-0.2, -0.15) is 0 Å². The Bertz CT molecular complexity index is 372. The third kappa shape index (κ3) is 4.70. The van der Waals surface area contributed by atoms with Crippen LogP contribution in [0.4, 0.5) is 0 Å². The van der Waals surface area contributed by atoms with Gasteiger partial charge in [0.05, 0.1) is 26.1 Å². The van der Waals surface area contributed by atoms with Crippen LogP contribution in [0.3, 0.4) is 0 Å². The summed E-state index contributed by atoms with van der Waals surface area (Å²) in [5.74, 6) is 1.56. The molecular weight excluding hydrogens is 228 g/mol. The summed E-state index contributed by atoms with van der Waals surface area (Å²) in [6.07, 6.45) is 4.65. The van der Waals surface area contributed by atoms with Crippen molar-refractivity contribution in [2.45, 2.75) is 27.2 Å². The number of hydrogen-bond acceptors (Lipinski definition) is 3. The van der Waals surface area contributed by atoms with Gasteiger partial charge in [0, 0.05) is 0 Å². The van der Waals surface area contributed by atoms with E-state index in [1.807, 2.05) is 38.1 Å². The van der Waals surface area contributed by atoms with Crippen molar-refractivity contribution in [3.8, 4) is 11.5 Å². The SMILES string of the molecule is CCCOC=Cc1ccc(OCC)c(OCC)c1. The molecule has 3 nitrogen and oxygen atoms in total. The number of rotatable bonds is 8. The van der Waals surface area contributed by atoms with Gasteiger partial charge >= 0.3 is 0 Å². The molecule has 0 aliphatic carbocycles. The van der Waals surface area contributed by atoms with Gasteiger partial charge < -0.3 is 14.2 Å². The van der Waals surface area contributed by atoms with E-state index >= 15 is 0 Å². The Balaban J connectivity index is 2.75. The van der Waals surface area contributed by atoms with Crippen molar-refractivity contribution >= 4 is 6.08 Å². The fourth-order valence-electron chi connectivity index (χ4n) is 1.48. The molecule has 3 heteroatoms. The first-order chi connectivity index (χ1) is 8.81. The normalized spacial score (nSPS) is 10.6. The third-order valence-corrected chi connectivity index (χ3v) is 2.25. The first-order valence-electron chi connectivity index (χ1n) is 6.49. The molecule has 100 valence electrons. The van der Waals surface area contributed by atoms with Crippen LogP contribution in [0.2, 0.25) is 0 Å². The summed E-state index contributed by atoms with van der Waals surface area (Å²) in [6, 6.07) is 5.87. The second-order valence-electron chi connectivity index (χ2n) is 3.75. The fourth-order valence-corrected chi connectivity index (χ4v) is 1.48. The van der Waals surface area contributed by atoms with Gasteiger partial charge in [0.25, 0.3) is 0 Å². The summed E-state index contributed by atoms with van der Waals surface area (Å²) in [4.78, 5) is 0. The maximum absolute atomic E-state index is 5.56. The molecule has 0 aliphatic rings. The lowest BCUT2D eigenvalue weighted by Crippen LogP contribution is -1.98. The molecule has 0 bridgehead atoms. The Morgan fingerprint density at radius 2 is 1.72 bits per heavy atom. The van der Waals surface area contributed by atoms with Crippen LogP contribution < -0.4 is 9.47 Å². The molecule has 0 heterocycles. The molecule has 1 aromatic carbocycles. The number of benzene rings is 1. The van der Waals surface area contributed by atoms with Crippen molar-refractivity contribution in [1.29, 1.82) is 0 Å². The van der Waals surface area contributed by atoms with Crippen LogP contribution in [0.15, 0.2) is 24.5 Å². The molecule has 0 spiro atoms. The zero-order chi connectivity index (χ0) is 13.2. The summed E-state index contributed by atoms with van der Waals surface area (Å²) in [5.41, 5.74) is 1.04. The van der Waals surface area contributed by atoms with Crippen LogP contribution in [0.5, 0.6) is 11.5 Å². The van der Waals surface area contributed by atoms with Gasteiger partial charge in [-0.1, -0.05) is 13.0 Å². The zero-order valence-corrected chi connectivity index (χ0v) is 11.4. The minimum absolute atomic E-state index is 0.625. The molecule has 0 aromatic heterocycles. The molecule has 0 unspecified atom stereocenters. The van der Waals surface area contributed by atoms with Crippen LogP contribution in [0, 0.1) is 0 Å². The molecule has 0 aliphatic heterocycles. The van der Waals surface area contributed by atoms with E-state index in [9.17, 15) is 0 Å². The van der Waals surface area contributed by atoms with Crippen LogP contribution in [0.25, 0.3) is 6.08 Å². The van der Waals surface area contributed by atoms with Gasteiger partial charge in [0.2, 0.25) is 0 Å². The Hall–Kier alpha value is -1.64. The lowest BCUT2D eigenvalue weighted by atomic mass is 10.2. The highest BCUT2D eigenvalue weighted by Gasteiger charge is 2.04.